The number of phenolic OH excluding ortho intramolecular Hbond substituents is 1. The third kappa shape index (κ3) is 9.51. The van der Waals surface area contributed by atoms with Crippen LogP contribution >= 0.6 is 11.8 Å². The van der Waals surface area contributed by atoms with E-state index in [4.69, 9.17) is 4.74 Å². The average Bonchev–Trinajstić information content (AvgIpc) is 3.19. The van der Waals surface area contributed by atoms with Crippen LogP contribution in [0.2, 0.25) is 0 Å². The summed E-state index contributed by atoms with van der Waals surface area (Å²) in [5.41, 5.74) is 1.29. The maximum absolute atomic E-state index is 14.4. The molecule has 1 aliphatic heterocycles. The summed E-state index contributed by atoms with van der Waals surface area (Å²) in [5.74, 6) is -2.57. The van der Waals surface area contributed by atoms with E-state index in [9.17, 15) is 33.0 Å². The molecule has 0 unspecified atom stereocenters. The Labute approximate surface area is 298 Å². The minimum absolute atomic E-state index is 0.00688. The van der Waals surface area contributed by atoms with E-state index in [0.717, 1.165) is 44.2 Å². The van der Waals surface area contributed by atoms with E-state index in [2.05, 4.69) is 29.4 Å². The lowest BCUT2D eigenvalue weighted by Crippen LogP contribution is -2.46. The van der Waals surface area contributed by atoms with Crippen LogP contribution in [0, 0.1) is 5.41 Å². The summed E-state index contributed by atoms with van der Waals surface area (Å²) in [5, 5.41) is 24.0. The van der Waals surface area contributed by atoms with Gasteiger partial charge in [0.15, 0.2) is 16.4 Å². The summed E-state index contributed by atoms with van der Waals surface area (Å²) in [7, 11) is -3.82. The van der Waals surface area contributed by atoms with Gasteiger partial charge in [0, 0.05) is 23.7 Å². The van der Waals surface area contributed by atoms with Crippen molar-refractivity contribution in [2.75, 3.05) is 30.1 Å². The third-order valence-electron chi connectivity index (χ3n) is 8.93. The summed E-state index contributed by atoms with van der Waals surface area (Å²) in [6.07, 6.45) is 7.13. The fourth-order valence-electron chi connectivity index (χ4n) is 6.25. The van der Waals surface area contributed by atoms with Gasteiger partial charge in [-0.15, -0.1) is 11.8 Å². The van der Waals surface area contributed by atoms with Gasteiger partial charge in [-0.25, -0.2) is 8.42 Å². The number of aliphatic carboxylic acids is 1. The molecule has 13 heteroatoms. The lowest BCUT2D eigenvalue weighted by atomic mass is 9.79. The van der Waals surface area contributed by atoms with Gasteiger partial charge in [0.1, 0.15) is 23.6 Å². The standard InChI is InChI=1S/C37H47N3O8S2/c1-5-7-18-37(19-8-6-2)23-40(27-12-10-9-11-13-27)29-20-31(49-4)30(21-32(29)50(46,47)24-37)48-22-33(42)39-34(26-14-16-28(41)17-15-26)35(43)38-25(3)36(44)45/h9-17,20-21,25,34,41H,5-8,18-19,22-24H2,1-4H3,(H,38,43)(H,39,42)(H,44,45)/t25-,34+/m0/s1. The van der Waals surface area contributed by atoms with Gasteiger partial charge in [0.25, 0.3) is 5.91 Å². The molecule has 50 heavy (non-hydrogen) atoms. The van der Waals surface area contributed by atoms with Crippen LogP contribution in [0.5, 0.6) is 11.5 Å². The van der Waals surface area contributed by atoms with Crippen LogP contribution in [-0.2, 0) is 24.2 Å². The number of unbranched alkanes of at least 4 members (excludes halogenated alkanes) is 2. The molecule has 3 aromatic carbocycles. The third-order valence-corrected chi connectivity index (χ3v) is 11.7. The first kappa shape index (κ1) is 38.6. The van der Waals surface area contributed by atoms with E-state index >= 15 is 0 Å². The number of thioether (sulfide) groups is 1. The fourth-order valence-corrected chi connectivity index (χ4v) is 8.92. The van der Waals surface area contributed by atoms with Gasteiger partial charge in [0.2, 0.25) is 5.91 Å². The zero-order valence-electron chi connectivity index (χ0n) is 29.0. The van der Waals surface area contributed by atoms with Crippen LogP contribution in [-0.4, -0.2) is 67.6 Å². The molecule has 4 rings (SSSR count). The lowest BCUT2D eigenvalue weighted by Gasteiger charge is -2.37. The van der Waals surface area contributed by atoms with E-state index in [1.165, 1.54) is 49.0 Å². The zero-order valence-corrected chi connectivity index (χ0v) is 30.6. The predicted octanol–water partition coefficient (Wildman–Crippen LogP) is 6.23. The molecular formula is C37H47N3O8S2. The Hall–Kier alpha value is -4.23. The number of sulfone groups is 1. The quantitative estimate of drug-likeness (QED) is 0.125. The van der Waals surface area contributed by atoms with Gasteiger partial charge in [-0.2, -0.15) is 0 Å². The molecule has 3 aromatic rings. The topological polar surface area (TPSA) is 162 Å². The van der Waals surface area contributed by atoms with E-state index in [1.54, 1.807) is 0 Å². The molecule has 0 radical (unpaired) electrons. The van der Waals surface area contributed by atoms with Crippen LogP contribution in [0.25, 0.3) is 0 Å². The minimum Gasteiger partial charge on any atom is -0.508 e. The van der Waals surface area contributed by atoms with Gasteiger partial charge >= 0.3 is 5.97 Å². The normalized spacial score (nSPS) is 16.0. The molecular weight excluding hydrogens is 679 g/mol. The number of hydrogen-bond donors (Lipinski definition) is 4. The van der Waals surface area contributed by atoms with E-state index < -0.39 is 51.7 Å². The average molecular weight is 726 g/mol. The number of amides is 2. The van der Waals surface area contributed by atoms with Crippen molar-refractivity contribution in [3.8, 4) is 11.5 Å². The SMILES string of the molecule is CCCCC1(CCCC)CN(c2ccccc2)c2cc(SC)c(OCC(=O)N[C@@H](C(=O)N[C@@H](C)C(=O)O)c3ccc(O)cc3)cc2S(=O)(=O)C1. The van der Waals surface area contributed by atoms with Crippen molar-refractivity contribution in [1.82, 2.24) is 10.6 Å². The molecule has 0 bridgehead atoms. The molecule has 0 spiro atoms. The molecule has 0 aromatic heterocycles. The number of para-hydroxylation sites is 1. The van der Waals surface area contributed by atoms with Crippen LogP contribution < -0.4 is 20.3 Å². The maximum atomic E-state index is 14.4. The highest BCUT2D eigenvalue weighted by Gasteiger charge is 2.42. The van der Waals surface area contributed by atoms with E-state index in [0.29, 0.717) is 22.7 Å². The molecule has 1 heterocycles. The predicted molar refractivity (Wildman–Crippen MR) is 195 cm³/mol. The first-order valence-corrected chi connectivity index (χ1v) is 19.7. The summed E-state index contributed by atoms with van der Waals surface area (Å²) >= 11 is 1.36. The van der Waals surface area contributed by atoms with Crippen molar-refractivity contribution in [3.05, 3.63) is 72.3 Å². The van der Waals surface area contributed by atoms with E-state index in [-0.39, 0.29) is 22.1 Å². The lowest BCUT2D eigenvalue weighted by molar-refractivity contribution is -0.141. The summed E-state index contributed by atoms with van der Waals surface area (Å²) in [6, 6.07) is 16.1. The second kappa shape index (κ2) is 17.1. The molecule has 270 valence electrons. The number of carbonyl (C=O) groups is 3. The molecule has 2 atom stereocenters. The minimum atomic E-state index is -3.82. The van der Waals surface area contributed by atoms with Crippen molar-refractivity contribution in [3.63, 3.8) is 0 Å². The smallest absolute Gasteiger partial charge is 0.325 e. The number of fused-ring (bicyclic) bond motifs is 1. The molecule has 11 nitrogen and oxygen atoms in total. The highest BCUT2D eigenvalue weighted by Crippen LogP contribution is 2.47. The monoisotopic (exact) mass is 725 g/mol. The molecule has 0 aliphatic carbocycles. The summed E-state index contributed by atoms with van der Waals surface area (Å²) in [4.78, 5) is 40.6. The molecule has 1 aliphatic rings. The summed E-state index contributed by atoms with van der Waals surface area (Å²) < 4.78 is 34.7. The number of ether oxygens (including phenoxy) is 1. The number of carboxylic acids is 1. The number of carbonyl (C=O) groups excluding carboxylic acids is 2. The van der Waals surface area contributed by atoms with Gasteiger partial charge in [-0.1, -0.05) is 69.9 Å². The van der Waals surface area contributed by atoms with Gasteiger partial charge in [0.05, 0.1) is 21.2 Å². The van der Waals surface area contributed by atoms with Gasteiger partial charge < -0.3 is 30.5 Å². The second-order valence-electron chi connectivity index (χ2n) is 12.8. The number of anilines is 2. The Morgan fingerprint density at radius 2 is 1.62 bits per heavy atom. The van der Waals surface area contributed by atoms with Crippen molar-refractivity contribution in [2.24, 2.45) is 5.41 Å². The molecule has 0 saturated carbocycles. The molecule has 4 N–H and O–H groups in total. The number of aromatic hydroxyl groups is 1. The Bertz CT molecular complexity index is 1740. The van der Waals surface area contributed by atoms with Crippen LogP contribution in [0.4, 0.5) is 11.4 Å². The number of phenols is 1. The zero-order chi connectivity index (χ0) is 36.5. The maximum Gasteiger partial charge on any atom is 0.325 e. The van der Waals surface area contributed by atoms with Crippen LogP contribution in [0.3, 0.4) is 0 Å². The molecule has 0 fully saturated rings. The first-order valence-electron chi connectivity index (χ1n) is 16.8. The Morgan fingerprint density at radius 1 is 0.980 bits per heavy atom. The Kier molecular flexibility index (Phi) is 13.2. The van der Waals surface area contributed by atoms with Crippen LogP contribution in [0.1, 0.15) is 70.9 Å². The highest BCUT2D eigenvalue weighted by molar-refractivity contribution is 7.98. The Morgan fingerprint density at radius 3 is 2.20 bits per heavy atom. The Balaban J connectivity index is 1.69. The highest BCUT2D eigenvalue weighted by atomic mass is 32.2. The molecule has 2 amide bonds. The number of carboxylic acid groups (broad SMARTS) is 1. The second-order valence-corrected chi connectivity index (χ2v) is 15.6. The number of nitrogens with one attached hydrogen (secondary N) is 2. The number of nitrogens with zero attached hydrogens (tertiary/aromatic N) is 1. The van der Waals surface area contributed by atoms with Crippen molar-refractivity contribution in [2.45, 2.75) is 81.2 Å². The van der Waals surface area contributed by atoms with Crippen molar-refractivity contribution >= 4 is 50.8 Å². The van der Waals surface area contributed by atoms with Crippen molar-refractivity contribution < 1.29 is 37.8 Å². The number of rotatable bonds is 16. The van der Waals surface area contributed by atoms with Gasteiger partial charge in [-0.05, 0) is 61.9 Å². The van der Waals surface area contributed by atoms with Crippen LogP contribution in [0.15, 0.2) is 76.5 Å². The number of hydrogen-bond acceptors (Lipinski definition) is 9. The van der Waals surface area contributed by atoms with Crippen molar-refractivity contribution in [1.29, 1.82) is 0 Å². The molecule has 0 saturated heterocycles. The largest absolute Gasteiger partial charge is 0.508 e. The summed E-state index contributed by atoms with van der Waals surface area (Å²) in [6.45, 7) is 5.51. The van der Waals surface area contributed by atoms with E-state index in [1.807, 2.05) is 42.7 Å². The van der Waals surface area contributed by atoms with Gasteiger partial charge in [-0.3, -0.25) is 14.4 Å². The number of benzene rings is 3. The fraction of sp³-hybridized carbons (Fsp3) is 0.432. The first-order chi connectivity index (χ1) is 23.8.